The second kappa shape index (κ2) is 6.42. The van der Waals surface area contributed by atoms with Crippen molar-refractivity contribution in [2.75, 3.05) is 27.4 Å². The average molecular weight is 278 g/mol. The lowest BCUT2D eigenvalue weighted by Crippen LogP contribution is -2.17. The van der Waals surface area contributed by atoms with Crippen LogP contribution in [-0.4, -0.2) is 33.4 Å². The Hall–Kier alpha value is -1.76. The van der Waals surface area contributed by atoms with Gasteiger partial charge in [0, 0.05) is 7.11 Å². The molecule has 0 N–H and O–H groups in total. The molecule has 0 fully saturated rings. The van der Waals surface area contributed by atoms with Crippen molar-refractivity contribution in [3.8, 4) is 5.75 Å². The van der Waals surface area contributed by atoms with Gasteiger partial charge in [-0.05, 0) is 12.1 Å². The second-order valence-electron chi connectivity index (χ2n) is 3.51. The minimum atomic E-state index is -4.72. The van der Waals surface area contributed by atoms with Crippen LogP contribution in [0.5, 0.6) is 5.75 Å². The first-order chi connectivity index (χ1) is 8.91. The van der Waals surface area contributed by atoms with Crippen LogP contribution in [0.1, 0.15) is 15.9 Å². The molecule has 0 heterocycles. The minimum Gasteiger partial charge on any atom is -0.491 e. The summed E-state index contributed by atoms with van der Waals surface area (Å²) in [4.78, 5) is 11.4. The van der Waals surface area contributed by atoms with Crippen molar-refractivity contribution in [3.63, 3.8) is 0 Å². The molecule has 0 aromatic heterocycles. The predicted octanol–water partition coefficient (Wildman–Crippen LogP) is 2.52. The SMILES string of the molecule is COCCOc1cccc(C(=O)OC)c1C(F)(F)F. The van der Waals surface area contributed by atoms with Crippen molar-refractivity contribution < 1.29 is 32.2 Å². The third-order valence-corrected chi connectivity index (χ3v) is 2.26. The zero-order chi connectivity index (χ0) is 14.5. The number of carbonyl (C=O) groups excluding carboxylic acids is 1. The summed E-state index contributed by atoms with van der Waals surface area (Å²) in [6, 6.07) is 3.48. The van der Waals surface area contributed by atoms with Crippen LogP contribution in [0.2, 0.25) is 0 Å². The number of esters is 1. The van der Waals surface area contributed by atoms with Crippen molar-refractivity contribution in [3.05, 3.63) is 29.3 Å². The molecule has 19 heavy (non-hydrogen) atoms. The number of rotatable bonds is 5. The largest absolute Gasteiger partial charge is 0.491 e. The van der Waals surface area contributed by atoms with Gasteiger partial charge in [-0.2, -0.15) is 13.2 Å². The topological polar surface area (TPSA) is 44.8 Å². The van der Waals surface area contributed by atoms with Crippen LogP contribution in [0, 0.1) is 0 Å². The molecule has 0 amide bonds. The fraction of sp³-hybridized carbons (Fsp3) is 0.417. The van der Waals surface area contributed by atoms with E-state index in [2.05, 4.69) is 4.74 Å². The van der Waals surface area contributed by atoms with Gasteiger partial charge in [0.25, 0.3) is 0 Å². The molecule has 0 aliphatic rings. The van der Waals surface area contributed by atoms with E-state index in [0.29, 0.717) is 0 Å². The number of alkyl halides is 3. The third-order valence-electron chi connectivity index (χ3n) is 2.26. The second-order valence-corrected chi connectivity index (χ2v) is 3.51. The Balaban J connectivity index is 3.19. The number of hydrogen-bond donors (Lipinski definition) is 0. The highest BCUT2D eigenvalue weighted by Gasteiger charge is 2.39. The highest BCUT2D eigenvalue weighted by molar-refractivity contribution is 5.92. The molecule has 0 saturated heterocycles. The molecule has 0 aliphatic heterocycles. The zero-order valence-electron chi connectivity index (χ0n) is 10.4. The van der Waals surface area contributed by atoms with E-state index in [1.165, 1.54) is 13.2 Å². The molecule has 1 aromatic carbocycles. The molecule has 0 spiro atoms. The number of methoxy groups -OCH3 is 2. The molecular weight excluding hydrogens is 265 g/mol. The van der Waals surface area contributed by atoms with Gasteiger partial charge in [0.15, 0.2) is 0 Å². The average Bonchev–Trinajstić information content (AvgIpc) is 2.36. The minimum absolute atomic E-state index is 0.0514. The lowest BCUT2D eigenvalue weighted by atomic mass is 10.1. The van der Waals surface area contributed by atoms with Crippen molar-refractivity contribution >= 4 is 5.97 Å². The lowest BCUT2D eigenvalue weighted by Gasteiger charge is -2.16. The van der Waals surface area contributed by atoms with Crippen molar-refractivity contribution in [2.45, 2.75) is 6.18 Å². The van der Waals surface area contributed by atoms with Gasteiger partial charge in [0.05, 0.1) is 19.3 Å². The van der Waals surface area contributed by atoms with Gasteiger partial charge in [-0.25, -0.2) is 4.79 Å². The summed E-state index contributed by atoms with van der Waals surface area (Å²) < 4.78 is 53.0. The Kier molecular flexibility index (Phi) is 5.17. The van der Waals surface area contributed by atoms with Crippen molar-refractivity contribution in [2.24, 2.45) is 0 Å². The Bertz CT molecular complexity index is 443. The molecule has 7 heteroatoms. The Morgan fingerprint density at radius 2 is 1.89 bits per heavy atom. The highest BCUT2D eigenvalue weighted by Crippen LogP contribution is 2.39. The number of carbonyl (C=O) groups is 1. The first kappa shape index (κ1) is 15.3. The van der Waals surface area contributed by atoms with E-state index in [-0.39, 0.29) is 13.2 Å². The van der Waals surface area contributed by atoms with Crippen LogP contribution >= 0.6 is 0 Å². The standard InChI is InChI=1S/C12H13F3O4/c1-17-6-7-19-9-5-3-4-8(11(16)18-2)10(9)12(13,14)15/h3-5H,6-7H2,1-2H3. The van der Waals surface area contributed by atoms with E-state index >= 15 is 0 Å². The summed E-state index contributed by atoms with van der Waals surface area (Å²) in [6.45, 7) is 0.0873. The maximum absolute atomic E-state index is 13.0. The van der Waals surface area contributed by atoms with Gasteiger partial charge < -0.3 is 14.2 Å². The van der Waals surface area contributed by atoms with E-state index < -0.39 is 29.0 Å². The van der Waals surface area contributed by atoms with Gasteiger partial charge >= 0.3 is 12.1 Å². The lowest BCUT2D eigenvalue weighted by molar-refractivity contribution is -0.139. The zero-order valence-corrected chi connectivity index (χ0v) is 10.4. The van der Waals surface area contributed by atoms with E-state index in [9.17, 15) is 18.0 Å². The monoisotopic (exact) mass is 278 g/mol. The molecule has 0 aliphatic carbocycles. The number of ether oxygens (including phenoxy) is 3. The van der Waals surface area contributed by atoms with Crippen LogP contribution in [-0.2, 0) is 15.7 Å². The fourth-order valence-electron chi connectivity index (χ4n) is 1.46. The Morgan fingerprint density at radius 1 is 1.21 bits per heavy atom. The third kappa shape index (κ3) is 3.85. The first-order valence-corrected chi connectivity index (χ1v) is 5.32. The number of hydrogen-bond acceptors (Lipinski definition) is 4. The molecule has 0 atom stereocenters. The van der Waals surface area contributed by atoms with Gasteiger partial charge in [-0.1, -0.05) is 6.07 Å². The molecular formula is C12H13F3O4. The Labute approximate surface area is 108 Å². The fourth-order valence-corrected chi connectivity index (χ4v) is 1.46. The van der Waals surface area contributed by atoms with Gasteiger partial charge in [-0.15, -0.1) is 0 Å². The number of halogens is 3. The molecule has 4 nitrogen and oxygen atoms in total. The molecule has 1 aromatic rings. The maximum atomic E-state index is 13.0. The quantitative estimate of drug-likeness (QED) is 0.613. The predicted molar refractivity (Wildman–Crippen MR) is 60.2 cm³/mol. The van der Waals surface area contributed by atoms with E-state index in [1.54, 1.807) is 0 Å². The molecule has 1 rings (SSSR count). The molecule has 106 valence electrons. The summed E-state index contributed by atoms with van der Waals surface area (Å²) in [5, 5.41) is 0. The van der Waals surface area contributed by atoms with E-state index in [4.69, 9.17) is 9.47 Å². The summed E-state index contributed by atoms with van der Waals surface area (Å²) in [7, 11) is 2.42. The van der Waals surface area contributed by atoms with E-state index in [0.717, 1.165) is 19.2 Å². The molecule has 0 radical (unpaired) electrons. The highest BCUT2D eigenvalue weighted by atomic mass is 19.4. The van der Waals surface area contributed by atoms with Crippen LogP contribution < -0.4 is 4.74 Å². The summed E-state index contributed by atoms with van der Waals surface area (Å²) in [5.74, 6) is -1.49. The summed E-state index contributed by atoms with van der Waals surface area (Å²) in [6.07, 6.45) is -4.72. The normalized spacial score (nSPS) is 11.2. The van der Waals surface area contributed by atoms with Crippen molar-refractivity contribution in [1.29, 1.82) is 0 Å². The van der Waals surface area contributed by atoms with E-state index in [1.807, 2.05) is 0 Å². The maximum Gasteiger partial charge on any atom is 0.420 e. The van der Waals surface area contributed by atoms with Crippen molar-refractivity contribution in [1.82, 2.24) is 0 Å². The number of benzene rings is 1. The van der Waals surface area contributed by atoms with Gasteiger partial charge in [0.1, 0.15) is 17.9 Å². The van der Waals surface area contributed by atoms with Crippen LogP contribution in [0.4, 0.5) is 13.2 Å². The smallest absolute Gasteiger partial charge is 0.420 e. The molecule has 0 saturated carbocycles. The first-order valence-electron chi connectivity index (χ1n) is 5.32. The van der Waals surface area contributed by atoms with Crippen LogP contribution in [0.25, 0.3) is 0 Å². The van der Waals surface area contributed by atoms with Crippen LogP contribution in [0.3, 0.4) is 0 Å². The van der Waals surface area contributed by atoms with Gasteiger partial charge in [-0.3, -0.25) is 0 Å². The van der Waals surface area contributed by atoms with Gasteiger partial charge in [0.2, 0.25) is 0 Å². The summed E-state index contributed by atoms with van der Waals surface area (Å²) in [5.41, 5.74) is -1.72. The Morgan fingerprint density at radius 3 is 2.42 bits per heavy atom. The van der Waals surface area contributed by atoms with Crippen LogP contribution in [0.15, 0.2) is 18.2 Å². The summed E-state index contributed by atoms with van der Waals surface area (Å²) >= 11 is 0. The molecule has 0 bridgehead atoms. The molecule has 0 unspecified atom stereocenters.